The first-order chi connectivity index (χ1) is 8.89. The highest BCUT2D eigenvalue weighted by Crippen LogP contribution is 2.46. The van der Waals surface area contributed by atoms with Crippen LogP contribution in [0, 0.1) is 5.41 Å². The number of carbonyl (C=O) groups excluding carboxylic acids is 2. The highest BCUT2D eigenvalue weighted by atomic mass is 32.2. The SMILES string of the molecule is CCCNC(=O)C1(C(=O)NC2CCS(=O)(=O)C2)CC1. The van der Waals surface area contributed by atoms with Crippen LogP contribution in [-0.4, -0.2) is 44.3 Å². The van der Waals surface area contributed by atoms with Gasteiger partial charge in [0.2, 0.25) is 11.8 Å². The molecule has 1 aliphatic carbocycles. The number of rotatable bonds is 5. The number of nitrogens with one attached hydrogen (secondary N) is 2. The summed E-state index contributed by atoms with van der Waals surface area (Å²) in [5.74, 6) is -0.436. The van der Waals surface area contributed by atoms with Crippen LogP contribution in [0.3, 0.4) is 0 Å². The Balaban J connectivity index is 1.91. The van der Waals surface area contributed by atoms with Crippen molar-refractivity contribution in [2.75, 3.05) is 18.1 Å². The number of amides is 2. The van der Waals surface area contributed by atoms with Crippen LogP contribution in [0.4, 0.5) is 0 Å². The van der Waals surface area contributed by atoms with E-state index in [-0.39, 0.29) is 29.4 Å². The second kappa shape index (κ2) is 5.11. The molecule has 0 radical (unpaired) electrons. The van der Waals surface area contributed by atoms with Crippen molar-refractivity contribution in [3.05, 3.63) is 0 Å². The molecular formula is C12H20N2O4S. The summed E-state index contributed by atoms with van der Waals surface area (Å²) in [6, 6.07) is -0.339. The Hall–Kier alpha value is -1.11. The molecule has 7 heteroatoms. The van der Waals surface area contributed by atoms with Gasteiger partial charge in [0.1, 0.15) is 5.41 Å². The van der Waals surface area contributed by atoms with Gasteiger partial charge >= 0.3 is 0 Å². The van der Waals surface area contributed by atoms with E-state index >= 15 is 0 Å². The number of hydrogen-bond donors (Lipinski definition) is 2. The Kier molecular flexibility index (Phi) is 3.85. The molecule has 2 N–H and O–H groups in total. The van der Waals surface area contributed by atoms with Gasteiger partial charge in [-0.15, -0.1) is 0 Å². The summed E-state index contributed by atoms with van der Waals surface area (Å²) < 4.78 is 22.7. The lowest BCUT2D eigenvalue weighted by Crippen LogP contribution is -2.47. The minimum atomic E-state index is -3.02. The van der Waals surface area contributed by atoms with Crippen LogP contribution < -0.4 is 10.6 Å². The number of carbonyl (C=O) groups is 2. The zero-order chi connectivity index (χ0) is 14.1. The molecule has 0 aromatic heterocycles. The molecular weight excluding hydrogens is 268 g/mol. The maximum absolute atomic E-state index is 12.1. The average molecular weight is 288 g/mol. The van der Waals surface area contributed by atoms with Gasteiger partial charge in [0, 0.05) is 12.6 Å². The second-order valence-electron chi connectivity index (χ2n) is 5.41. The fraction of sp³-hybridized carbons (Fsp3) is 0.833. The molecule has 1 atom stereocenters. The Bertz CT molecular complexity index is 482. The van der Waals surface area contributed by atoms with Gasteiger partial charge in [-0.05, 0) is 25.7 Å². The van der Waals surface area contributed by atoms with Gasteiger partial charge in [-0.2, -0.15) is 0 Å². The first-order valence-electron chi connectivity index (χ1n) is 6.69. The lowest BCUT2D eigenvalue weighted by molar-refractivity contribution is -0.137. The van der Waals surface area contributed by atoms with Gasteiger partial charge in [0.15, 0.2) is 9.84 Å². The summed E-state index contributed by atoms with van der Waals surface area (Å²) in [6.45, 7) is 2.51. The molecule has 0 aromatic rings. The van der Waals surface area contributed by atoms with E-state index in [9.17, 15) is 18.0 Å². The van der Waals surface area contributed by atoms with E-state index < -0.39 is 15.3 Å². The third kappa shape index (κ3) is 3.08. The van der Waals surface area contributed by atoms with Crippen LogP contribution in [0.25, 0.3) is 0 Å². The monoisotopic (exact) mass is 288 g/mol. The summed E-state index contributed by atoms with van der Waals surface area (Å²) in [6.07, 6.45) is 2.37. The maximum atomic E-state index is 12.1. The first kappa shape index (κ1) is 14.3. The number of hydrogen-bond acceptors (Lipinski definition) is 4. The molecule has 0 bridgehead atoms. The van der Waals surface area contributed by atoms with Crippen molar-refractivity contribution in [3.8, 4) is 0 Å². The van der Waals surface area contributed by atoms with Gasteiger partial charge in [-0.1, -0.05) is 6.92 Å². The van der Waals surface area contributed by atoms with Gasteiger partial charge in [-0.25, -0.2) is 8.42 Å². The van der Waals surface area contributed by atoms with Crippen molar-refractivity contribution in [2.24, 2.45) is 5.41 Å². The molecule has 2 fully saturated rings. The van der Waals surface area contributed by atoms with E-state index in [1.54, 1.807) is 0 Å². The molecule has 2 rings (SSSR count). The predicted octanol–water partition coefficient (Wildman–Crippen LogP) is -0.404. The van der Waals surface area contributed by atoms with Crippen molar-refractivity contribution in [2.45, 2.75) is 38.6 Å². The van der Waals surface area contributed by atoms with Crippen LogP contribution in [0.1, 0.15) is 32.6 Å². The Morgan fingerprint density at radius 1 is 1.26 bits per heavy atom. The molecule has 19 heavy (non-hydrogen) atoms. The van der Waals surface area contributed by atoms with Gasteiger partial charge in [0.05, 0.1) is 11.5 Å². The minimum Gasteiger partial charge on any atom is -0.355 e. The van der Waals surface area contributed by atoms with E-state index in [0.29, 0.717) is 25.8 Å². The van der Waals surface area contributed by atoms with Crippen LogP contribution in [0.2, 0.25) is 0 Å². The summed E-state index contributed by atoms with van der Waals surface area (Å²) in [5.41, 5.74) is -0.943. The van der Waals surface area contributed by atoms with Crippen LogP contribution >= 0.6 is 0 Å². The highest BCUT2D eigenvalue weighted by molar-refractivity contribution is 7.91. The average Bonchev–Trinajstić information content (AvgIpc) is 3.08. The van der Waals surface area contributed by atoms with Crippen molar-refractivity contribution in [1.29, 1.82) is 0 Å². The number of sulfone groups is 1. The Morgan fingerprint density at radius 3 is 2.42 bits per heavy atom. The van der Waals surface area contributed by atoms with E-state index in [4.69, 9.17) is 0 Å². The van der Waals surface area contributed by atoms with Crippen molar-refractivity contribution < 1.29 is 18.0 Å². The van der Waals surface area contributed by atoms with Gasteiger partial charge < -0.3 is 10.6 Å². The molecule has 1 saturated carbocycles. The van der Waals surface area contributed by atoms with Gasteiger partial charge in [0.25, 0.3) is 0 Å². The van der Waals surface area contributed by atoms with Crippen LogP contribution in [0.5, 0.6) is 0 Å². The molecule has 0 aromatic carbocycles. The minimum absolute atomic E-state index is 0.00853. The molecule has 6 nitrogen and oxygen atoms in total. The summed E-state index contributed by atoms with van der Waals surface area (Å²) in [4.78, 5) is 24.1. The van der Waals surface area contributed by atoms with E-state index in [1.807, 2.05) is 6.92 Å². The third-order valence-corrected chi connectivity index (χ3v) is 5.49. The largest absolute Gasteiger partial charge is 0.355 e. The standard InChI is InChI=1S/C12H20N2O4S/c1-2-6-13-10(15)12(4-5-12)11(16)14-9-3-7-19(17,18)8-9/h9H,2-8H2,1H3,(H,13,15)(H,14,16). The van der Waals surface area contributed by atoms with Gasteiger partial charge in [-0.3, -0.25) is 9.59 Å². The molecule has 108 valence electrons. The zero-order valence-electron chi connectivity index (χ0n) is 11.1. The fourth-order valence-electron chi connectivity index (χ4n) is 2.32. The zero-order valence-corrected chi connectivity index (χ0v) is 11.9. The topological polar surface area (TPSA) is 92.3 Å². The maximum Gasteiger partial charge on any atom is 0.235 e. The predicted molar refractivity (Wildman–Crippen MR) is 70.2 cm³/mol. The Morgan fingerprint density at radius 2 is 1.95 bits per heavy atom. The molecule has 1 saturated heterocycles. The quantitative estimate of drug-likeness (QED) is 0.673. The van der Waals surface area contributed by atoms with Crippen LogP contribution in [0.15, 0.2) is 0 Å². The van der Waals surface area contributed by atoms with Crippen LogP contribution in [-0.2, 0) is 19.4 Å². The van der Waals surface area contributed by atoms with Crippen molar-refractivity contribution in [3.63, 3.8) is 0 Å². The third-order valence-electron chi connectivity index (χ3n) is 3.72. The Labute approximate surface area is 113 Å². The summed E-state index contributed by atoms with van der Waals surface area (Å²) >= 11 is 0. The molecule has 2 aliphatic rings. The molecule has 0 spiro atoms. The molecule has 2 amide bonds. The molecule has 1 aliphatic heterocycles. The van der Waals surface area contributed by atoms with Crippen molar-refractivity contribution >= 4 is 21.7 Å². The lowest BCUT2D eigenvalue weighted by atomic mass is 10.0. The lowest BCUT2D eigenvalue weighted by Gasteiger charge is -2.18. The normalized spacial score (nSPS) is 26.7. The first-order valence-corrected chi connectivity index (χ1v) is 8.51. The highest BCUT2D eigenvalue weighted by Gasteiger charge is 2.56. The second-order valence-corrected chi connectivity index (χ2v) is 7.64. The van der Waals surface area contributed by atoms with E-state index in [2.05, 4.69) is 10.6 Å². The van der Waals surface area contributed by atoms with E-state index in [1.165, 1.54) is 0 Å². The summed E-state index contributed by atoms with van der Waals surface area (Å²) in [5, 5.41) is 5.45. The summed E-state index contributed by atoms with van der Waals surface area (Å²) in [7, 11) is -3.02. The van der Waals surface area contributed by atoms with E-state index in [0.717, 1.165) is 6.42 Å². The smallest absolute Gasteiger partial charge is 0.235 e. The fourth-order valence-corrected chi connectivity index (χ4v) is 4.00. The molecule has 1 unspecified atom stereocenters. The molecule has 1 heterocycles. The van der Waals surface area contributed by atoms with Crippen molar-refractivity contribution in [1.82, 2.24) is 10.6 Å².